The highest BCUT2D eigenvalue weighted by molar-refractivity contribution is 5.86. The molecule has 0 amide bonds. The molecule has 0 saturated heterocycles. The molecule has 0 aliphatic carbocycles. The Morgan fingerprint density at radius 1 is 1.11 bits per heavy atom. The van der Waals surface area contributed by atoms with E-state index in [4.69, 9.17) is 5.11 Å². The number of aromatic carboxylic acids is 1. The van der Waals surface area contributed by atoms with Crippen molar-refractivity contribution in [2.75, 3.05) is 0 Å². The number of benzene rings is 1. The number of rotatable bonds is 2. The standard InChI is InChI=1S/C13H8F3NO2/c1-6-2-3-7(14)10(11(6)16)12-8(15)4-5-9(17-12)13(18)19/h2-5H,1H3,(H,18,19). The van der Waals surface area contributed by atoms with Crippen molar-refractivity contribution in [3.8, 4) is 11.3 Å². The van der Waals surface area contributed by atoms with Crippen LogP contribution < -0.4 is 0 Å². The van der Waals surface area contributed by atoms with Crippen LogP contribution in [0.2, 0.25) is 0 Å². The normalized spacial score (nSPS) is 10.5. The first-order valence-corrected chi connectivity index (χ1v) is 5.26. The Bertz CT molecular complexity index is 671. The topological polar surface area (TPSA) is 50.2 Å². The summed E-state index contributed by atoms with van der Waals surface area (Å²) in [4.78, 5) is 14.2. The number of halogens is 3. The molecule has 2 rings (SSSR count). The Morgan fingerprint density at radius 3 is 2.37 bits per heavy atom. The van der Waals surface area contributed by atoms with Crippen molar-refractivity contribution >= 4 is 5.97 Å². The van der Waals surface area contributed by atoms with Gasteiger partial charge >= 0.3 is 5.97 Å². The van der Waals surface area contributed by atoms with Crippen LogP contribution in [-0.2, 0) is 0 Å². The molecule has 0 aliphatic rings. The Labute approximate surface area is 106 Å². The van der Waals surface area contributed by atoms with Crippen molar-refractivity contribution in [3.05, 3.63) is 53.0 Å². The monoisotopic (exact) mass is 267 g/mol. The van der Waals surface area contributed by atoms with Crippen molar-refractivity contribution in [2.45, 2.75) is 6.92 Å². The molecule has 0 unspecified atom stereocenters. The van der Waals surface area contributed by atoms with E-state index in [2.05, 4.69) is 4.98 Å². The number of aryl methyl sites for hydroxylation is 1. The Balaban J connectivity index is 2.75. The molecule has 0 atom stereocenters. The van der Waals surface area contributed by atoms with Crippen molar-refractivity contribution in [3.63, 3.8) is 0 Å². The van der Waals surface area contributed by atoms with Crippen molar-refractivity contribution in [1.82, 2.24) is 4.98 Å². The van der Waals surface area contributed by atoms with E-state index in [1.54, 1.807) is 0 Å². The van der Waals surface area contributed by atoms with Gasteiger partial charge < -0.3 is 5.11 Å². The first kappa shape index (κ1) is 13.1. The number of aromatic nitrogens is 1. The minimum absolute atomic E-state index is 0.110. The summed E-state index contributed by atoms with van der Waals surface area (Å²) in [5.74, 6) is -4.37. The van der Waals surface area contributed by atoms with Crippen molar-refractivity contribution in [1.29, 1.82) is 0 Å². The number of nitrogens with zero attached hydrogens (tertiary/aromatic N) is 1. The Kier molecular flexibility index (Phi) is 3.25. The zero-order valence-corrected chi connectivity index (χ0v) is 9.75. The zero-order chi connectivity index (χ0) is 14.2. The Morgan fingerprint density at radius 2 is 1.74 bits per heavy atom. The maximum Gasteiger partial charge on any atom is 0.354 e. The smallest absolute Gasteiger partial charge is 0.354 e. The van der Waals surface area contributed by atoms with Crippen LogP contribution in [0.25, 0.3) is 11.3 Å². The Hall–Kier alpha value is -2.37. The quantitative estimate of drug-likeness (QED) is 0.909. The van der Waals surface area contributed by atoms with Crippen molar-refractivity contribution in [2.24, 2.45) is 0 Å². The van der Waals surface area contributed by atoms with Gasteiger partial charge in [-0.2, -0.15) is 0 Å². The summed E-state index contributed by atoms with van der Waals surface area (Å²) in [6.45, 7) is 1.39. The number of carbonyl (C=O) groups is 1. The lowest BCUT2D eigenvalue weighted by molar-refractivity contribution is 0.0690. The summed E-state index contributed by atoms with van der Waals surface area (Å²) < 4.78 is 41.1. The molecule has 0 spiro atoms. The maximum absolute atomic E-state index is 13.9. The van der Waals surface area contributed by atoms with Crippen LogP contribution in [0.5, 0.6) is 0 Å². The molecular formula is C13H8F3NO2. The lowest BCUT2D eigenvalue weighted by Crippen LogP contribution is -2.05. The third-order valence-electron chi connectivity index (χ3n) is 2.59. The van der Waals surface area contributed by atoms with E-state index in [1.165, 1.54) is 13.0 Å². The lowest BCUT2D eigenvalue weighted by atomic mass is 10.1. The minimum atomic E-state index is -1.41. The van der Waals surface area contributed by atoms with Gasteiger partial charge in [-0.3, -0.25) is 0 Å². The van der Waals surface area contributed by atoms with Crippen LogP contribution in [0.15, 0.2) is 24.3 Å². The molecule has 0 fully saturated rings. The molecule has 0 aliphatic heterocycles. The van der Waals surface area contributed by atoms with Crippen LogP contribution in [0.4, 0.5) is 13.2 Å². The third-order valence-corrected chi connectivity index (χ3v) is 2.59. The molecule has 19 heavy (non-hydrogen) atoms. The van der Waals surface area contributed by atoms with Crippen LogP contribution in [-0.4, -0.2) is 16.1 Å². The van der Waals surface area contributed by atoms with E-state index in [1.807, 2.05) is 0 Å². The first-order chi connectivity index (χ1) is 8.91. The molecule has 2 aromatic rings. The predicted octanol–water partition coefficient (Wildman–Crippen LogP) is 3.17. The second-order valence-electron chi connectivity index (χ2n) is 3.89. The van der Waals surface area contributed by atoms with Gasteiger partial charge in [0.2, 0.25) is 0 Å². The second kappa shape index (κ2) is 4.72. The maximum atomic E-state index is 13.9. The molecule has 1 aromatic heterocycles. The molecule has 3 nitrogen and oxygen atoms in total. The van der Waals surface area contributed by atoms with E-state index in [0.717, 1.165) is 18.2 Å². The van der Waals surface area contributed by atoms with Crippen LogP contribution in [0, 0.1) is 24.4 Å². The average molecular weight is 267 g/mol. The van der Waals surface area contributed by atoms with Crippen molar-refractivity contribution < 1.29 is 23.1 Å². The van der Waals surface area contributed by atoms with Gasteiger partial charge in [0.15, 0.2) is 0 Å². The molecule has 1 aromatic carbocycles. The van der Waals surface area contributed by atoms with Gasteiger partial charge in [-0.15, -0.1) is 0 Å². The van der Waals surface area contributed by atoms with Crippen LogP contribution in [0.3, 0.4) is 0 Å². The molecule has 6 heteroatoms. The molecule has 1 heterocycles. The van der Waals surface area contributed by atoms with E-state index in [9.17, 15) is 18.0 Å². The van der Waals surface area contributed by atoms with E-state index in [0.29, 0.717) is 0 Å². The largest absolute Gasteiger partial charge is 0.477 e. The average Bonchev–Trinajstić information content (AvgIpc) is 2.36. The van der Waals surface area contributed by atoms with Gasteiger partial charge in [0.1, 0.15) is 28.8 Å². The van der Waals surface area contributed by atoms with Gasteiger partial charge in [-0.05, 0) is 30.7 Å². The summed E-state index contributed by atoms with van der Waals surface area (Å²) >= 11 is 0. The van der Waals surface area contributed by atoms with Gasteiger partial charge in [0.25, 0.3) is 0 Å². The zero-order valence-electron chi connectivity index (χ0n) is 9.75. The minimum Gasteiger partial charge on any atom is -0.477 e. The molecule has 0 bridgehead atoms. The fourth-order valence-corrected chi connectivity index (χ4v) is 1.61. The lowest BCUT2D eigenvalue weighted by Gasteiger charge is -2.08. The second-order valence-corrected chi connectivity index (χ2v) is 3.89. The fourth-order valence-electron chi connectivity index (χ4n) is 1.61. The van der Waals surface area contributed by atoms with Gasteiger partial charge in [-0.1, -0.05) is 6.07 Å². The number of hydrogen-bond acceptors (Lipinski definition) is 2. The summed E-state index contributed by atoms with van der Waals surface area (Å²) in [6, 6.07) is 3.91. The van der Waals surface area contributed by atoms with Gasteiger partial charge in [-0.25, -0.2) is 22.9 Å². The predicted molar refractivity (Wildman–Crippen MR) is 61.2 cm³/mol. The summed E-state index contributed by atoms with van der Waals surface area (Å²) in [5.41, 5.74) is -1.70. The molecule has 0 radical (unpaired) electrons. The number of hydrogen-bond donors (Lipinski definition) is 1. The van der Waals surface area contributed by atoms with Crippen LogP contribution in [0.1, 0.15) is 16.1 Å². The van der Waals surface area contributed by atoms with Gasteiger partial charge in [0, 0.05) is 0 Å². The highest BCUT2D eigenvalue weighted by atomic mass is 19.1. The highest BCUT2D eigenvalue weighted by Crippen LogP contribution is 2.28. The first-order valence-electron chi connectivity index (χ1n) is 5.26. The number of carboxylic acids is 1. The van der Waals surface area contributed by atoms with Gasteiger partial charge in [0.05, 0.1) is 5.56 Å². The van der Waals surface area contributed by atoms with E-state index < -0.39 is 40.4 Å². The molecule has 98 valence electrons. The van der Waals surface area contributed by atoms with E-state index >= 15 is 0 Å². The highest BCUT2D eigenvalue weighted by Gasteiger charge is 2.20. The number of pyridine rings is 1. The van der Waals surface area contributed by atoms with Crippen LogP contribution >= 0.6 is 0 Å². The SMILES string of the molecule is Cc1ccc(F)c(-c2nc(C(=O)O)ccc2F)c1F. The summed E-state index contributed by atoms with van der Waals surface area (Å²) in [7, 11) is 0. The summed E-state index contributed by atoms with van der Waals surface area (Å²) in [6.07, 6.45) is 0. The molecule has 1 N–H and O–H groups in total. The fraction of sp³-hybridized carbons (Fsp3) is 0.0769. The summed E-state index contributed by atoms with van der Waals surface area (Å²) in [5, 5.41) is 8.77. The molecule has 0 saturated carbocycles. The third kappa shape index (κ3) is 2.29. The van der Waals surface area contributed by atoms with E-state index in [-0.39, 0.29) is 5.56 Å². The molecular weight excluding hydrogens is 259 g/mol. The number of carboxylic acid groups (broad SMARTS) is 1.